The second-order valence-electron chi connectivity index (χ2n) is 28.9. The van der Waals surface area contributed by atoms with Gasteiger partial charge < -0.3 is 129 Å². The molecule has 2 aliphatic rings. The van der Waals surface area contributed by atoms with E-state index in [4.69, 9.17) is 45.5 Å². The third-order valence-electron chi connectivity index (χ3n) is 18.8. The Morgan fingerprint density at radius 1 is 0.398 bits per heavy atom. The summed E-state index contributed by atoms with van der Waals surface area (Å²) >= 11 is 0. The van der Waals surface area contributed by atoms with E-state index in [-0.39, 0.29) is 123 Å². The van der Waals surface area contributed by atoms with Crippen LogP contribution in [0.5, 0.6) is 0 Å². The van der Waals surface area contributed by atoms with Gasteiger partial charge in [-0.2, -0.15) is 0 Å². The van der Waals surface area contributed by atoms with Gasteiger partial charge in [0, 0.05) is 38.9 Å². The highest BCUT2D eigenvalue weighted by atomic mass is 16.4. The molecule has 0 radical (unpaired) electrons. The van der Waals surface area contributed by atoms with Gasteiger partial charge in [0.15, 0.2) is 5.96 Å². The minimum Gasteiger partial charge on any atom is -0.481 e. The molecule has 2 heterocycles. The number of primary amides is 2. The van der Waals surface area contributed by atoms with Crippen LogP contribution >= 0.6 is 0 Å². The van der Waals surface area contributed by atoms with Crippen LogP contribution in [0.15, 0.2) is 0 Å². The topological polar surface area (TPSA) is 717 Å². The predicted molar refractivity (Wildman–Crippen MR) is 408 cm³/mol. The van der Waals surface area contributed by atoms with Crippen LogP contribution in [0.4, 0.5) is 0 Å². The lowest BCUT2D eigenvalue weighted by molar-refractivity contribution is -0.143. The molecule has 14 atom stereocenters. The molecule has 2 rings (SSSR count). The van der Waals surface area contributed by atoms with E-state index in [9.17, 15) is 96.5 Å². The van der Waals surface area contributed by atoms with Crippen molar-refractivity contribution in [3.8, 4) is 0 Å². The Balaban J connectivity index is 2.35. The minimum absolute atomic E-state index is 0.00285. The maximum atomic E-state index is 14.8. The fourth-order valence-corrected chi connectivity index (χ4v) is 12.2. The third kappa shape index (κ3) is 35.9. The second kappa shape index (κ2) is 51.3. The van der Waals surface area contributed by atoms with Crippen LogP contribution in [0.3, 0.4) is 0 Å². The zero-order valence-corrected chi connectivity index (χ0v) is 65.7. The van der Waals surface area contributed by atoms with Crippen LogP contribution in [-0.2, 0) is 86.3 Å². The van der Waals surface area contributed by atoms with Crippen molar-refractivity contribution in [2.45, 2.75) is 268 Å². The standard InChI is InChI=1S/C70H123N23O20/c1-36(2)54(66(109)83-38(5)56(99)81-39(6)58(101)89-47(69(112)113)24-27-51(76)95)91-63(106)42(18-9-12-30-72)85-62(105)43(20-14-32-79-70(77)78)86-64(107)48-21-15-33-92(48)67(110)46(19-10-13-31-73)88-57(100)40(7)82-61(104)45(23-26-50(75)94)87-65(108)49-22-16-34-93(49)68(111)55(37(3)4)90-52(96)35-80-60(103)44(25-28-53(97)98)84-59(102)41(74)17-8-11-29-71/h36-49,54-55H,8-35,71-74H2,1-7H3,(H2,75,94)(H2,76,95)(H,80,103)(H,81,99)(H,82,104)(H,83,109)(H,84,102)(H,85,105)(H,86,107)(H,87,108)(H,88,100)(H,89,101)(H,90,96)(H,91,106)(H,97,98)(H,112,113)(H4,77,78,79)/t38-,39-,40-,41-,42-,43-,44-,45-,46-,47-,48-,49-,54-,55-/m0/s1. The molecule has 43 nitrogen and oxygen atoms in total. The van der Waals surface area contributed by atoms with Crippen molar-refractivity contribution in [2.24, 2.45) is 52.0 Å². The lowest BCUT2D eigenvalue weighted by Crippen LogP contribution is -2.60. The van der Waals surface area contributed by atoms with Crippen molar-refractivity contribution in [3.05, 3.63) is 0 Å². The molecule has 2 fully saturated rings. The smallest absolute Gasteiger partial charge is 0.326 e. The summed E-state index contributed by atoms with van der Waals surface area (Å²) in [5.74, 6) is -17.8. The van der Waals surface area contributed by atoms with Crippen LogP contribution < -0.4 is 109 Å². The molecule has 30 N–H and O–H groups in total. The van der Waals surface area contributed by atoms with E-state index >= 15 is 0 Å². The molecule has 0 aromatic carbocycles. The summed E-state index contributed by atoms with van der Waals surface area (Å²) in [5, 5.41) is 59.3. The van der Waals surface area contributed by atoms with E-state index in [0.717, 1.165) is 0 Å². The van der Waals surface area contributed by atoms with Crippen LogP contribution in [0.2, 0.25) is 0 Å². The summed E-state index contributed by atoms with van der Waals surface area (Å²) < 4.78 is 0. The molecule has 43 heteroatoms. The van der Waals surface area contributed by atoms with Gasteiger partial charge in [-0.15, -0.1) is 0 Å². The lowest BCUT2D eigenvalue weighted by atomic mass is 10.0. The first-order valence-corrected chi connectivity index (χ1v) is 38.4. The van der Waals surface area contributed by atoms with Gasteiger partial charge in [0.2, 0.25) is 94.5 Å². The largest absolute Gasteiger partial charge is 0.481 e. The lowest BCUT2D eigenvalue weighted by Gasteiger charge is -2.32. The van der Waals surface area contributed by atoms with Crippen LogP contribution in [0, 0.1) is 17.2 Å². The number of amides is 16. The van der Waals surface area contributed by atoms with Crippen molar-refractivity contribution < 1.29 is 96.5 Å². The van der Waals surface area contributed by atoms with Gasteiger partial charge in [-0.3, -0.25) is 86.9 Å². The molecule has 638 valence electrons. The highest BCUT2D eigenvalue weighted by molar-refractivity contribution is 6.00. The van der Waals surface area contributed by atoms with Gasteiger partial charge in [-0.05, 0) is 161 Å². The van der Waals surface area contributed by atoms with E-state index in [0.29, 0.717) is 38.6 Å². The Kier molecular flexibility index (Phi) is 44.7. The third-order valence-corrected chi connectivity index (χ3v) is 18.8. The number of likely N-dealkylation sites (tertiary alicyclic amines) is 2. The number of carbonyl (C=O) groups excluding carboxylic acids is 16. The zero-order chi connectivity index (χ0) is 85.4. The number of rotatable bonds is 54. The van der Waals surface area contributed by atoms with Crippen LogP contribution in [-0.4, -0.2) is 263 Å². The molecule has 113 heavy (non-hydrogen) atoms. The highest BCUT2D eigenvalue weighted by Crippen LogP contribution is 2.23. The van der Waals surface area contributed by atoms with E-state index in [1.807, 2.05) is 0 Å². The molecule has 2 saturated heterocycles. The maximum Gasteiger partial charge on any atom is 0.326 e. The van der Waals surface area contributed by atoms with Gasteiger partial charge in [0.05, 0.1) is 12.6 Å². The van der Waals surface area contributed by atoms with E-state index in [2.05, 4.69) is 69.1 Å². The number of carbonyl (C=O) groups is 18. The highest BCUT2D eigenvalue weighted by Gasteiger charge is 2.43. The number of nitrogens with two attached hydrogens (primary N) is 7. The molecule has 0 unspecified atom stereocenters. The molecule has 0 aliphatic carbocycles. The number of hydrogen-bond acceptors (Lipinski definition) is 23. The van der Waals surface area contributed by atoms with Crippen LogP contribution in [0.1, 0.15) is 183 Å². The summed E-state index contributed by atoms with van der Waals surface area (Å²) in [6, 6.07) is -18.8. The van der Waals surface area contributed by atoms with Gasteiger partial charge in [0.25, 0.3) is 0 Å². The van der Waals surface area contributed by atoms with Gasteiger partial charge in [-0.1, -0.05) is 34.1 Å². The molecule has 16 amide bonds. The Labute approximate surface area is 656 Å². The summed E-state index contributed by atoms with van der Waals surface area (Å²) in [7, 11) is 0. The monoisotopic (exact) mass is 1610 g/mol. The Bertz CT molecular complexity index is 3290. The van der Waals surface area contributed by atoms with Crippen molar-refractivity contribution in [2.75, 3.05) is 45.8 Å². The summed E-state index contributed by atoms with van der Waals surface area (Å²) in [5.41, 5.74) is 39.2. The number of unbranched alkanes of at least 4 members (excludes halogenated alkanes) is 3. The first-order valence-electron chi connectivity index (χ1n) is 38.4. The molecule has 0 spiro atoms. The molecule has 2 aliphatic heterocycles. The summed E-state index contributed by atoms with van der Waals surface area (Å²) in [6.45, 7) is 10.3. The van der Waals surface area contributed by atoms with Crippen molar-refractivity contribution in [1.29, 1.82) is 5.41 Å². The number of hydrogen-bond donors (Lipinski definition) is 23. The van der Waals surface area contributed by atoms with E-state index in [1.54, 1.807) is 27.7 Å². The number of carboxylic acids is 2. The van der Waals surface area contributed by atoms with E-state index < -0.39 is 228 Å². The van der Waals surface area contributed by atoms with Gasteiger partial charge in [-0.25, -0.2) is 4.79 Å². The predicted octanol–water partition coefficient (Wildman–Crippen LogP) is -7.75. The number of guanidine groups is 1. The number of aliphatic carboxylic acids is 2. The van der Waals surface area contributed by atoms with Crippen molar-refractivity contribution >= 4 is 112 Å². The first kappa shape index (κ1) is 98.6. The minimum atomic E-state index is -1.55. The number of nitrogens with one attached hydrogen (secondary N) is 14. The molecule has 0 saturated carbocycles. The molecule has 0 aromatic rings. The molecular formula is C70H123N23O20. The Hall–Kier alpha value is -10.4. The fourth-order valence-electron chi connectivity index (χ4n) is 12.2. The van der Waals surface area contributed by atoms with Crippen molar-refractivity contribution in [1.82, 2.24) is 78.9 Å². The SMILES string of the molecule is CC(C)[C@H](NC(=O)[C@H](CCCCN)NC(=O)[C@H](CCCNC(=N)N)NC(=O)[C@@H]1CCCN1C(=O)[C@H](CCCCN)NC(=O)[C@H](C)NC(=O)[C@H](CCC(N)=O)NC(=O)[C@@H]1CCCN1C(=O)[C@@H](NC(=O)CNC(=O)[C@H](CCC(=O)O)NC(=O)[C@@H](N)CCCCN)C(C)C)C(=O)N[C@@H](C)C(=O)N[C@@H](C)C(=O)N[C@@H](CCC(N)=O)C(=O)O. The van der Waals surface area contributed by atoms with Gasteiger partial charge in [0.1, 0.15) is 78.5 Å². The second-order valence-corrected chi connectivity index (χ2v) is 28.9. The Morgan fingerprint density at radius 3 is 1.27 bits per heavy atom. The maximum absolute atomic E-state index is 14.8. The average Bonchev–Trinajstić information content (AvgIpc) is 1.73. The normalized spacial score (nSPS) is 17.0. The Morgan fingerprint density at radius 2 is 0.788 bits per heavy atom. The number of carboxylic acid groups (broad SMARTS) is 2. The fraction of sp³-hybridized carbons (Fsp3) is 0.729. The van der Waals surface area contributed by atoms with E-state index in [1.165, 1.54) is 30.6 Å². The van der Waals surface area contributed by atoms with Crippen LogP contribution in [0.25, 0.3) is 0 Å². The molecule has 0 aromatic heterocycles. The average molecular weight is 1610 g/mol. The summed E-state index contributed by atoms with van der Waals surface area (Å²) in [4.78, 5) is 243. The molecular weight excluding hydrogens is 1480 g/mol. The quantitative estimate of drug-likeness (QED) is 0.0153. The number of nitrogens with zero attached hydrogens (tertiary/aromatic N) is 2. The zero-order valence-electron chi connectivity index (χ0n) is 65.7. The van der Waals surface area contributed by atoms with Crippen molar-refractivity contribution in [3.63, 3.8) is 0 Å². The molecule has 0 bridgehead atoms. The van der Waals surface area contributed by atoms with Gasteiger partial charge >= 0.3 is 11.9 Å². The summed E-state index contributed by atoms with van der Waals surface area (Å²) in [6.07, 6.45) is 1.00. The first-order chi connectivity index (χ1) is 53.2.